The van der Waals surface area contributed by atoms with E-state index in [4.69, 9.17) is 4.74 Å². The number of imidazole rings is 1. The fourth-order valence-electron chi connectivity index (χ4n) is 3.53. The molecular formula is C26H26N4O4S. The Bertz CT molecular complexity index is 1380. The van der Waals surface area contributed by atoms with Gasteiger partial charge in [-0.1, -0.05) is 18.2 Å². The highest BCUT2D eigenvalue weighted by Gasteiger charge is 2.16. The number of hydrogen-bond acceptors (Lipinski definition) is 5. The van der Waals surface area contributed by atoms with Gasteiger partial charge in [-0.2, -0.15) is 0 Å². The Balaban J connectivity index is 1.42. The molecule has 1 amide bonds. The lowest BCUT2D eigenvalue weighted by atomic mass is 10.1. The molecule has 0 bridgehead atoms. The van der Waals surface area contributed by atoms with Crippen molar-refractivity contribution in [3.05, 3.63) is 103 Å². The van der Waals surface area contributed by atoms with Crippen molar-refractivity contribution in [3.63, 3.8) is 0 Å². The van der Waals surface area contributed by atoms with Crippen LogP contribution in [0.5, 0.6) is 5.75 Å². The second-order valence-electron chi connectivity index (χ2n) is 7.85. The van der Waals surface area contributed by atoms with Crippen LogP contribution in [0.15, 0.2) is 96.4 Å². The fourth-order valence-corrected chi connectivity index (χ4v) is 4.58. The van der Waals surface area contributed by atoms with E-state index in [1.807, 2.05) is 48.9 Å². The third-order valence-corrected chi connectivity index (χ3v) is 6.76. The molecule has 1 heterocycles. The maximum atomic E-state index is 12.9. The minimum Gasteiger partial charge on any atom is -0.494 e. The van der Waals surface area contributed by atoms with E-state index in [1.165, 1.54) is 18.2 Å². The molecule has 0 unspecified atom stereocenters. The first-order valence-corrected chi connectivity index (χ1v) is 12.6. The Hall–Kier alpha value is -4.11. The fraction of sp³-hybridized carbons (Fsp3) is 0.154. The Morgan fingerprint density at radius 3 is 2.46 bits per heavy atom. The Labute approximate surface area is 204 Å². The Kier molecular flexibility index (Phi) is 7.17. The van der Waals surface area contributed by atoms with Crippen LogP contribution in [0.4, 0.5) is 5.69 Å². The number of anilines is 1. The standard InChI is InChI=1S/C26H26N4O4S/c1-3-34-24-11-13-25(14-12-24)35(32,33)29-22-6-4-5-21(17-22)26(31)28-19(2)20-7-9-23(10-8-20)30-16-15-27-18-30/h4-19,29H,3H2,1-2H3,(H,28,31)/t19-/m0/s1. The van der Waals surface area contributed by atoms with Gasteiger partial charge < -0.3 is 14.6 Å². The molecule has 1 atom stereocenters. The van der Waals surface area contributed by atoms with Crippen LogP contribution in [-0.4, -0.2) is 30.5 Å². The molecule has 0 saturated heterocycles. The summed E-state index contributed by atoms with van der Waals surface area (Å²) in [4.78, 5) is 17.0. The van der Waals surface area contributed by atoms with E-state index in [0.717, 1.165) is 11.3 Å². The molecule has 35 heavy (non-hydrogen) atoms. The van der Waals surface area contributed by atoms with E-state index in [1.54, 1.807) is 42.9 Å². The van der Waals surface area contributed by atoms with E-state index in [2.05, 4.69) is 15.0 Å². The van der Waals surface area contributed by atoms with Crippen molar-refractivity contribution in [2.24, 2.45) is 0 Å². The number of amides is 1. The molecule has 9 heteroatoms. The zero-order valence-electron chi connectivity index (χ0n) is 19.4. The maximum Gasteiger partial charge on any atom is 0.261 e. The number of nitrogens with zero attached hydrogens (tertiary/aromatic N) is 2. The molecule has 0 aliphatic heterocycles. The number of hydrogen-bond donors (Lipinski definition) is 2. The lowest BCUT2D eigenvalue weighted by molar-refractivity contribution is 0.0940. The zero-order chi connectivity index (χ0) is 24.8. The van der Waals surface area contributed by atoms with E-state index in [0.29, 0.717) is 23.6 Å². The van der Waals surface area contributed by atoms with Gasteiger partial charge >= 0.3 is 0 Å². The van der Waals surface area contributed by atoms with Gasteiger partial charge in [-0.15, -0.1) is 0 Å². The number of ether oxygens (including phenoxy) is 1. The van der Waals surface area contributed by atoms with Gasteiger partial charge in [-0.05, 0) is 74.0 Å². The second-order valence-corrected chi connectivity index (χ2v) is 9.53. The largest absolute Gasteiger partial charge is 0.494 e. The van der Waals surface area contributed by atoms with Gasteiger partial charge in [0.1, 0.15) is 5.75 Å². The zero-order valence-corrected chi connectivity index (χ0v) is 20.2. The smallest absolute Gasteiger partial charge is 0.261 e. The van der Waals surface area contributed by atoms with Gasteiger partial charge in [-0.25, -0.2) is 13.4 Å². The predicted molar refractivity (Wildman–Crippen MR) is 134 cm³/mol. The first-order chi connectivity index (χ1) is 16.9. The molecule has 8 nitrogen and oxygen atoms in total. The third-order valence-electron chi connectivity index (χ3n) is 5.37. The number of carbonyl (C=O) groups is 1. The number of aromatic nitrogens is 2. The molecule has 4 aromatic rings. The van der Waals surface area contributed by atoms with Crippen LogP contribution >= 0.6 is 0 Å². The molecule has 0 aliphatic rings. The number of carbonyl (C=O) groups excluding carboxylic acids is 1. The Morgan fingerprint density at radius 2 is 1.80 bits per heavy atom. The minimum atomic E-state index is -3.82. The normalized spacial score (nSPS) is 12.1. The summed E-state index contributed by atoms with van der Waals surface area (Å²) in [7, 11) is -3.82. The van der Waals surface area contributed by atoms with Gasteiger partial charge in [0, 0.05) is 29.3 Å². The maximum absolute atomic E-state index is 12.9. The number of nitrogens with one attached hydrogen (secondary N) is 2. The lowest BCUT2D eigenvalue weighted by Gasteiger charge is -2.16. The van der Waals surface area contributed by atoms with Crippen molar-refractivity contribution in [3.8, 4) is 11.4 Å². The highest BCUT2D eigenvalue weighted by atomic mass is 32.2. The molecule has 0 spiro atoms. The first kappa shape index (κ1) is 24.0. The summed E-state index contributed by atoms with van der Waals surface area (Å²) in [5, 5.41) is 2.96. The van der Waals surface area contributed by atoms with Crippen LogP contribution in [0, 0.1) is 0 Å². The third kappa shape index (κ3) is 5.88. The second kappa shape index (κ2) is 10.4. The monoisotopic (exact) mass is 490 g/mol. The van der Waals surface area contributed by atoms with Crippen molar-refractivity contribution in [1.82, 2.24) is 14.9 Å². The summed E-state index contributed by atoms with van der Waals surface area (Å²) in [6, 6.07) is 20.1. The summed E-state index contributed by atoms with van der Waals surface area (Å²) < 4.78 is 35.3. The highest BCUT2D eigenvalue weighted by molar-refractivity contribution is 7.92. The molecule has 0 radical (unpaired) electrons. The lowest BCUT2D eigenvalue weighted by Crippen LogP contribution is -2.26. The summed E-state index contributed by atoms with van der Waals surface area (Å²) in [5.41, 5.74) is 2.55. The van der Waals surface area contributed by atoms with Crippen LogP contribution in [0.2, 0.25) is 0 Å². The summed E-state index contributed by atoms with van der Waals surface area (Å²) in [6.07, 6.45) is 5.29. The Morgan fingerprint density at radius 1 is 1.06 bits per heavy atom. The average molecular weight is 491 g/mol. The predicted octanol–water partition coefficient (Wildman–Crippen LogP) is 4.56. The summed E-state index contributed by atoms with van der Waals surface area (Å²) in [6.45, 7) is 4.24. The molecule has 4 rings (SSSR count). The molecule has 0 aliphatic carbocycles. The first-order valence-electron chi connectivity index (χ1n) is 11.1. The van der Waals surface area contributed by atoms with Crippen molar-refractivity contribution in [2.75, 3.05) is 11.3 Å². The van der Waals surface area contributed by atoms with Crippen molar-refractivity contribution >= 4 is 21.6 Å². The van der Waals surface area contributed by atoms with Crippen LogP contribution in [0.3, 0.4) is 0 Å². The average Bonchev–Trinajstić information content (AvgIpc) is 3.40. The highest BCUT2D eigenvalue weighted by Crippen LogP contribution is 2.21. The molecule has 180 valence electrons. The van der Waals surface area contributed by atoms with E-state index in [9.17, 15) is 13.2 Å². The van der Waals surface area contributed by atoms with E-state index < -0.39 is 10.0 Å². The quantitative estimate of drug-likeness (QED) is 0.358. The van der Waals surface area contributed by atoms with Gasteiger partial charge in [0.2, 0.25) is 0 Å². The summed E-state index contributed by atoms with van der Waals surface area (Å²) >= 11 is 0. The minimum absolute atomic E-state index is 0.101. The number of benzene rings is 3. The molecular weight excluding hydrogens is 464 g/mol. The van der Waals surface area contributed by atoms with Gasteiger partial charge in [-0.3, -0.25) is 9.52 Å². The van der Waals surface area contributed by atoms with Crippen molar-refractivity contribution < 1.29 is 17.9 Å². The SMILES string of the molecule is CCOc1ccc(S(=O)(=O)Nc2cccc(C(=O)N[C@@H](C)c3ccc(-n4ccnc4)cc3)c2)cc1. The number of rotatable bonds is 9. The molecule has 2 N–H and O–H groups in total. The van der Waals surface area contributed by atoms with Gasteiger partial charge in [0.25, 0.3) is 15.9 Å². The van der Waals surface area contributed by atoms with Crippen LogP contribution in [-0.2, 0) is 10.0 Å². The van der Waals surface area contributed by atoms with Crippen LogP contribution in [0.1, 0.15) is 35.8 Å². The number of sulfonamides is 1. The van der Waals surface area contributed by atoms with E-state index in [-0.39, 0.29) is 16.8 Å². The van der Waals surface area contributed by atoms with Crippen molar-refractivity contribution in [2.45, 2.75) is 24.8 Å². The molecule has 0 fully saturated rings. The van der Waals surface area contributed by atoms with Gasteiger partial charge in [0.05, 0.1) is 23.9 Å². The molecule has 0 saturated carbocycles. The topological polar surface area (TPSA) is 102 Å². The van der Waals surface area contributed by atoms with Crippen molar-refractivity contribution in [1.29, 1.82) is 0 Å². The molecule has 3 aromatic carbocycles. The van der Waals surface area contributed by atoms with Crippen LogP contribution in [0.25, 0.3) is 5.69 Å². The van der Waals surface area contributed by atoms with Crippen LogP contribution < -0.4 is 14.8 Å². The van der Waals surface area contributed by atoms with Gasteiger partial charge in [0.15, 0.2) is 0 Å². The summed E-state index contributed by atoms with van der Waals surface area (Å²) in [5.74, 6) is 0.286. The molecule has 1 aromatic heterocycles. The van der Waals surface area contributed by atoms with E-state index >= 15 is 0 Å².